The molecule has 0 spiro atoms. The fourth-order valence-corrected chi connectivity index (χ4v) is 3.70. The zero-order valence-electron chi connectivity index (χ0n) is 17.1. The van der Waals surface area contributed by atoms with Crippen LogP contribution in [0.5, 0.6) is 0 Å². The summed E-state index contributed by atoms with van der Waals surface area (Å²) in [6.45, 7) is 5.10. The highest BCUT2D eigenvalue weighted by atomic mass is 16.2. The molecule has 0 aliphatic carbocycles. The Kier molecular flexibility index (Phi) is 7.76. The van der Waals surface area contributed by atoms with Gasteiger partial charge in [0.1, 0.15) is 0 Å². The third-order valence-electron chi connectivity index (χ3n) is 5.35. The van der Waals surface area contributed by atoms with Crippen molar-refractivity contribution in [2.45, 2.75) is 45.1 Å². The smallest absolute Gasteiger partial charge is 0.257 e. The number of carbonyl (C=O) groups excluding carboxylic acids is 2. The second-order valence-electron chi connectivity index (χ2n) is 7.53. The number of nitrogens with zero attached hydrogens (tertiary/aromatic N) is 2. The van der Waals surface area contributed by atoms with Gasteiger partial charge in [-0.3, -0.25) is 19.5 Å². The normalized spacial score (nSPS) is 16.9. The third kappa shape index (κ3) is 6.12. The van der Waals surface area contributed by atoms with E-state index in [4.69, 9.17) is 0 Å². The van der Waals surface area contributed by atoms with Crippen LogP contribution in [-0.4, -0.2) is 47.4 Å². The van der Waals surface area contributed by atoms with Crippen molar-refractivity contribution in [1.29, 1.82) is 0 Å². The lowest BCUT2D eigenvalue weighted by atomic mass is 10.0. The van der Waals surface area contributed by atoms with Gasteiger partial charge in [0.15, 0.2) is 0 Å². The number of nitrogens with one attached hydrogen (secondary N) is 2. The Morgan fingerprint density at radius 3 is 2.79 bits per heavy atom. The van der Waals surface area contributed by atoms with Gasteiger partial charge in [-0.15, -0.1) is 0 Å². The molecule has 2 N–H and O–H groups in total. The number of hydrogen-bond donors (Lipinski definition) is 2. The highest BCUT2D eigenvalue weighted by molar-refractivity contribution is 6.04. The zero-order chi connectivity index (χ0) is 20.5. The number of benzene rings is 1. The molecule has 2 aromatic rings. The molecule has 2 amide bonds. The molecule has 0 radical (unpaired) electrons. The van der Waals surface area contributed by atoms with Crippen molar-refractivity contribution in [2.75, 3.05) is 25.0 Å². The average molecular weight is 395 g/mol. The standard InChI is InChI=1S/C23H30N4O2/c1-2-3-13-27-14-5-4-11-21(27)17-25-22(28)18-8-6-10-20(15-18)26-23(29)19-9-7-12-24-16-19/h6-10,12,15-16,21H,2-5,11,13-14,17H2,1H3,(H,25,28)(H,26,29). The molecule has 1 atom stereocenters. The number of rotatable bonds is 8. The van der Waals surface area contributed by atoms with Crippen LogP contribution in [0, 0.1) is 0 Å². The Labute approximate surface area is 172 Å². The fourth-order valence-electron chi connectivity index (χ4n) is 3.70. The first-order valence-corrected chi connectivity index (χ1v) is 10.5. The van der Waals surface area contributed by atoms with E-state index in [1.165, 1.54) is 31.9 Å². The lowest BCUT2D eigenvalue weighted by molar-refractivity contribution is 0.0912. The number of likely N-dealkylation sites (tertiary alicyclic amines) is 1. The second-order valence-corrected chi connectivity index (χ2v) is 7.53. The number of hydrogen-bond acceptors (Lipinski definition) is 4. The van der Waals surface area contributed by atoms with Crippen LogP contribution in [0.15, 0.2) is 48.8 Å². The summed E-state index contributed by atoms with van der Waals surface area (Å²) in [6.07, 6.45) is 9.12. The summed E-state index contributed by atoms with van der Waals surface area (Å²) >= 11 is 0. The first-order valence-electron chi connectivity index (χ1n) is 10.5. The van der Waals surface area contributed by atoms with Crippen LogP contribution in [0.4, 0.5) is 5.69 Å². The number of piperidine rings is 1. The molecule has 1 aromatic carbocycles. The van der Waals surface area contributed by atoms with Gasteiger partial charge in [0, 0.05) is 36.2 Å². The highest BCUT2D eigenvalue weighted by Crippen LogP contribution is 2.18. The number of carbonyl (C=O) groups is 2. The predicted molar refractivity (Wildman–Crippen MR) is 115 cm³/mol. The topological polar surface area (TPSA) is 74.3 Å². The van der Waals surface area contributed by atoms with E-state index in [1.54, 1.807) is 42.6 Å². The van der Waals surface area contributed by atoms with E-state index in [1.807, 2.05) is 0 Å². The molecule has 1 unspecified atom stereocenters. The Balaban J connectivity index is 1.57. The van der Waals surface area contributed by atoms with E-state index in [-0.39, 0.29) is 11.8 Å². The second kappa shape index (κ2) is 10.7. The van der Waals surface area contributed by atoms with Crippen LogP contribution in [0.25, 0.3) is 0 Å². The van der Waals surface area contributed by atoms with Crippen LogP contribution >= 0.6 is 0 Å². The Hall–Kier alpha value is -2.73. The molecule has 6 heteroatoms. The average Bonchev–Trinajstić information content (AvgIpc) is 2.77. The van der Waals surface area contributed by atoms with Gasteiger partial charge in [-0.1, -0.05) is 25.8 Å². The van der Waals surface area contributed by atoms with Crippen molar-refractivity contribution < 1.29 is 9.59 Å². The minimum Gasteiger partial charge on any atom is -0.350 e. The van der Waals surface area contributed by atoms with Gasteiger partial charge in [0.05, 0.1) is 5.56 Å². The number of amides is 2. The summed E-state index contributed by atoms with van der Waals surface area (Å²) in [5, 5.41) is 5.91. The summed E-state index contributed by atoms with van der Waals surface area (Å²) in [5.74, 6) is -0.354. The Bertz CT molecular complexity index is 810. The first-order chi connectivity index (χ1) is 14.2. The maximum absolute atomic E-state index is 12.7. The lowest BCUT2D eigenvalue weighted by Gasteiger charge is -2.35. The van der Waals surface area contributed by atoms with Gasteiger partial charge in [-0.25, -0.2) is 0 Å². The monoisotopic (exact) mass is 394 g/mol. The molecule has 1 saturated heterocycles. The van der Waals surface area contributed by atoms with Crippen molar-refractivity contribution in [3.05, 3.63) is 59.9 Å². The van der Waals surface area contributed by atoms with Gasteiger partial charge < -0.3 is 10.6 Å². The van der Waals surface area contributed by atoms with E-state index >= 15 is 0 Å². The number of anilines is 1. The van der Waals surface area contributed by atoms with E-state index in [0.29, 0.717) is 29.4 Å². The number of pyridine rings is 1. The maximum Gasteiger partial charge on any atom is 0.257 e. The van der Waals surface area contributed by atoms with Crippen LogP contribution in [0.3, 0.4) is 0 Å². The lowest BCUT2D eigenvalue weighted by Crippen LogP contribution is -2.47. The molecular weight excluding hydrogens is 364 g/mol. The summed E-state index contributed by atoms with van der Waals surface area (Å²) in [4.78, 5) is 31.4. The van der Waals surface area contributed by atoms with Crippen molar-refractivity contribution in [3.63, 3.8) is 0 Å². The van der Waals surface area contributed by atoms with Crippen molar-refractivity contribution in [1.82, 2.24) is 15.2 Å². The summed E-state index contributed by atoms with van der Waals surface area (Å²) in [7, 11) is 0. The fraction of sp³-hybridized carbons (Fsp3) is 0.435. The van der Waals surface area contributed by atoms with Gasteiger partial charge in [-0.2, -0.15) is 0 Å². The number of aromatic nitrogens is 1. The maximum atomic E-state index is 12.7. The predicted octanol–water partition coefficient (Wildman–Crippen LogP) is 3.72. The third-order valence-corrected chi connectivity index (χ3v) is 5.35. The largest absolute Gasteiger partial charge is 0.350 e. The van der Waals surface area contributed by atoms with E-state index in [2.05, 4.69) is 27.4 Å². The molecule has 1 aliphatic rings. The number of unbranched alkanes of at least 4 members (excludes halogenated alkanes) is 1. The van der Waals surface area contributed by atoms with E-state index < -0.39 is 0 Å². The van der Waals surface area contributed by atoms with E-state index in [0.717, 1.165) is 19.5 Å². The van der Waals surface area contributed by atoms with Gasteiger partial charge in [0.25, 0.3) is 11.8 Å². The molecule has 0 bridgehead atoms. The van der Waals surface area contributed by atoms with Crippen LogP contribution in [0.1, 0.15) is 59.7 Å². The first kappa shape index (κ1) is 21.0. The molecule has 0 saturated carbocycles. The van der Waals surface area contributed by atoms with Crippen LogP contribution in [-0.2, 0) is 0 Å². The highest BCUT2D eigenvalue weighted by Gasteiger charge is 2.22. The summed E-state index contributed by atoms with van der Waals surface area (Å²) < 4.78 is 0. The molecule has 1 fully saturated rings. The van der Waals surface area contributed by atoms with Crippen molar-refractivity contribution >= 4 is 17.5 Å². The van der Waals surface area contributed by atoms with E-state index in [9.17, 15) is 9.59 Å². The quantitative estimate of drug-likeness (QED) is 0.716. The van der Waals surface area contributed by atoms with Gasteiger partial charge in [0.2, 0.25) is 0 Å². The SMILES string of the molecule is CCCCN1CCCCC1CNC(=O)c1cccc(NC(=O)c2cccnc2)c1. The minimum atomic E-state index is -0.246. The zero-order valence-corrected chi connectivity index (χ0v) is 17.1. The van der Waals surface area contributed by atoms with Crippen LogP contribution in [0.2, 0.25) is 0 Å². The molecule has 1 aromatic heterocycles. The van der Waals surface area contributed by atoms with Crippen molar-refractivity contribution in [2.24, 2.45) is 0 Å². The molecule has 154 valence electrons. The molecule has 2 heterocycles. The van der Waals surface area contributed by atoms with Crippen LogP contribution < -0.4 is 10.6 Å². The molecular formula is C23H30N4O2. The summed E-state index contributed by atoms with van der Waals surface area (Å²) in [5.41, 5.74) is 1.62. The molecule has 1 aliphatic heterocycles. The van der Waals surface area contributed by atoms with Crippen molar-refractivity contribution in [3.8, 4) is 0 Å². The Morgan fingerprint density at radius 2 is 2.00 bits per heavy atom. The van der Waals surface area contributed by atoms with Gasteiger partial charge in [-0.05, 0) is 62.7 Å². The molecule has 29 heavy (non-hydrogen) atoms. The minimum absolute atomic E-state index is 0.108. The van der Waals surface area contributed by atoms with Gasteiger partial charge >= 0.3 is 0 Å². The molecule has 3 rings (SSSR count). The Morgan fingerprint density at radius 1 is 1.14 bits per heavy atom. The molecule has 6 nitrogen and oxygen atoms in total. The summed E-state index contributed by atoms with van der Waals surface area (Å²) in [6, 6.07) is 10.9.